The van der Waals surface area contributed by atoms with E-state index in [4.69, 9.17) is 0 Å². The van der Waals surface area contributed by atoms with E-state index in [1.54, 1.807) is 0 Å². The molecule has 1 aliphatic heterocycles. The second-order valence-corrected chi connectivity index (χ2v) is 7.35. The molecule has 3 nitrogen and oxygen atoms in total. The summed E-state index contributed by atoms with van der Waals surface area (Å²) in [5.74, 6) is 1.63. The van der Waals surface area contributed by atoms with E-state index in [1.165, 1.54) is 6.42 Å². The van der Waals surface area contributed by atoms with Crippen LogP contribution in [-0.4, -0.2) is 29.1 Å². The average Bonchev–Trinajstić information content (AvgIpc) is 2.71. The molecule has 1 rings (SSSR count). The third kappa shape index (κ3) is 5.28. The second kappa shape index (κ2) is 8.77. The number of carbonyl (C=O) groups is 1. The molecule has 21 heavy (non-hydrogen) atoms. The number of nitrogens with zero attached hydrogens (tertiary/aromatic N) is 1. The zero-order valence-corrected chi connectivity index (χ0v) is 15.0. The molecule has 1 N–H and O–H groups in total. The van der Waals surface area contributed by atoms with Gasteiger partial charge in [0.05, 0.1) is 12.2 Å². The summed E-state index contributed by atoms with van der Waals surface area (Å²) in [6.07, 6.45) is 6.86. The van der Waals surface area contributed by atoms with Gasteiger partial charge in [-0.1, -0.05) is 53.9 Å². The van der Waals surface area contributed by atoms with E-state index < -0.39 is 0 Å². The predicted molar refractivity (Wildman–Crippen MR) is 90.1 cm³/mol. The number of amides is 1. The second-order valence-electron chi connectivity index (χ2n) is 7.35. The third-order valence-corrected chi connectivity index (χ3v) is 4.74. The summed E-state index contributed by atoms with van der Waals surface area (Å²) in [5, 5.41) is 3.61. The summed E-state index contributed by atoms with van der Waals surface area (Å²) < 4.78 is 0. The van der Waals surface area contributed by atoms with Crippen molar-refractivity contribution in [3.63, 3.8) is 0 Å². The van der Waals surface area contributed by atoms with E-state index in [9.17, 15) is 4.79 Å². The van der Waals surface area contributed by atoms with Gasteiger partial charge in [-0.2, -0.15) is 0 Å². The van der Waals surface area contributed by atoms with Crippen LogP contribution >= 0.6 is 0 Å². The SMILES string of the molecule is CCCCC1NC(CC(C)C)N(C(C)CC(C)CC)C1=O. The lowest BCUT2D eigenvalue weighted by molar-refractivity contribution is -0.132. The lowest BCUT2D eigenvalue weighted by Gasteiger charge is -2.32. The molecule has 3 heteroatoms. The molecule has 0 aromatic carbocycles. The molecule has 0 saturated carbocycles. The van der Waals surface area contributed by atoms with Crippen molar-refractivity contribution in [1.82, 2.24) is 10.2 Å². The standard InChI is InChI=1S/C18H36N2O/c1-7-9-10-16-18(21)20(15(6)12-14(5)8-2)17(19-16)11-13(3)4/h13-17,19H,7-12H2,1-6H3. The number of hydrogen-bond donors (Lipinski definition) is 1. The molecule has 0 aliphatic carbocycles. The van der Waals surface area contributed by atoms with Crippen LogP contribution in [0.2, 0.25) is 0 Å². The molecule has 1 fully saturated rings. The molecule has 0 radical (unpaired) electrons. The van der Waals surface area contributed by atoms with Crippen molar-refractivity contribution >= 4 is 5.91 Å². The minimum atomic E-state index is 0.0492. The number of nitrogens with one attached hydrogen (secondary N) is 1. The fourth-order valence-electron chi connectivity index (χ4n) is 3.35. The predicted octanol–water partition coefficient (Wildman–Crippen LogP) is 4.17. The average molecular weight is 296 g/mol. The fourth-order valence-corrected chi connectivity index (χ4v) is 3.35. The Bertz CT molecular complexity index is 316. The highest BCUT2D eigenvalue weighted by Gasteiger charge is 2.40. The molecular formula is C18H36N2O. The summed E-state index contributed by atoms with van der Waals surface area (Å²) in [4.78, 5) is 14.9. The van der Waals surface area contributed by atoms with Crippen LogP contribution < -0.4 is 5.32 Å². The summed E-state index contributed by atoms with van der Waals surface area (Å²) in [7, 11) is 0. The Morgan fingerprint density at radius 1 is 1.19 bits per heavy atom. The maximum absolute atomic E-state index is 12.8. The van der Waals surface area contributed by atoms with E-state index in [2.05, 4.69) is 51.8 Å². The molecular weight excluding hydrogens is 260 g/mol. The highest BCUT2D eigenvalue weighted by molar-refractivity contribution is 5.84. The maximum atomic E-state index is 12.8. The Balaban J connectivity index is 2.76. The molecule has 0 spiro atoms. The molecule has 124 valence electrons. The minimum absolute atomic E-state index is 0.0492. The molecule has 1 aliphatic rings. The van der Waals surface area contributed by atoms with Crippen LogP contribution in [0.3, 0.4) is 0 Å². The molecule has 1 saturated heterocycles. The van der Waals surface area contributed by atoms with E-state index in [1.807, 2.05) is 0 Å². The van der Waals surface area contributed by atoms with Gasteiger partial charge in [-0.15, -0.1) is 0 Å². The van der Waals surface area contributed by atoms with Crippen LogP contribution in [0.5, 0.6) is 0 Å². The molecule has 4 unspecified atom stereocenters. The van der Waals surface area contributed by atoms with Crippen molar-refractivity contribution in [3.05, 3.63) is 0 Å². The van der Waals surface area contributed by atoms with Crippen LogP contribution in [0.1, 0.15) is 80.1 Å². The Hall–Kier alpha value is -0.570. The number of carbonyl (C=O) groups excluding carboxylic acids is 1. The number of hydrogen-bond acceptors (Lipinski definition) is 2. The van der Waals surface area contributed by atoms with Gasteiger partial charge in [0, 0.05) is 6.04 Å². The van der Waals surface area contributed by atoms with Crippen molar-refractivity contribution in [2.75, 3.05) is 0 Å². The topological polar surface area (TPSA) is 32.3 Å². The first kappa shape index (κ1) is 18.5. The van der Waals surface area contributed by atoms with E-state index in [0.717, 1.165) is 32.1 Å². The summed E-state index contributed by atoms with van der Waals surface area (Å²) in [6.45, 7) is 13.4. The first-order chi connectivity index (χ1) is 9.90. The Morgan fingerprint density at radius 3 is 2.38 bits per heavy atom. The van der Waals surface area contributed by atoms with Crippen LogP contribution in [0, 0.1) is 11.8 Å². The summed E-state index contributed by atoms with van der Waals surface area (Å²) in [5.41, 5.74) is 0. The van der Waals surface area contributed by atoms with Crippen molar-refractivity contribution in [2.24, 2.45) is 11.8 Å². The van der Waals surface area contributed by atoms with Gasteiger partial charge < -0.3 is 4.90 Å². The van der Waals surface area contributed by atoms with Gasteiger partial charge in [-0.3, -0.25) is 10.1 Å². The largest absolute Gasteiger partial charge is 0.323 e. The first-order valence-corrected chi connectivity index (χ1v) is 8.98. The van der Waals surface area contributed by atoms with Crippen LogP contribution in [0.4, 0.5) is 0 Å². The number of rotatable bonds is 9. The van der Waals surface area contributed by atoms with Gasteiger partial charge in [0.2, 0.25) is 5.91 Å². The highest BCUT2D eigenvalue weighted by Crippen LogP contribution is 2.26. The lowest BCUT2D eigenvalue weighted by atomic mass is 9.98. The van der Waals surface area contributed by atoms with Gasteiger partial charge >= 0.3 is 0 Å². The van der Waals surface area contributed by atoms with Crippen molar-refractivity contribution in [1.29, 1.82) is 0 Å². The molecule has 1 heterocycles. The third-order valence-electron chi connectivity index (χ3n) is 4.74. The van der Waals surface area contributed by atoms with E-state index in [-0.39, 0.29) is 12.2 Å². The Kier molecular flexibility index (Phi) is 7.72. The quantitative estimate of drug-likeness (QED) is 0.692. The van der Waals surface area contributed by atoms with Gasteiger partial charge in [0.25, 0.3) is 0 Å². The monoisotopic (exact) mass is 296 g/mol. The van der Waals surface area contributed by atoms with Gasteiger partial charge in [-0.05, 0) is 38.0 Å². The van der Waals surface area contributed by atoms with Crippen molar-refractivity contribution in [2.45, 2.75) is 98.3 Å². The smallest absolute Gasteiger partial charge is 0.241 e. The van der Waals surface area contributed by atoms with E-state index >= 15 is 0 Å². The highest BCUT2D eigenvalue weighted by atomic mass is 16.2. The van der Waals surface area contributed by atoms with E-state index in [0.29, 0.717) is 23.8 Å². The van der Waals surface area contributed by atoms with Crippen LogP contribution in [0.25, 0.3) is 0 Å². The maximum Gasteiger partial charge on any atom is 0.241 e. The number of unbranched alkanes of at least 4 members (excludes halogenated alkanes) is 1. The van der Waals surface area contributed by atoms with Crippen molar-refractivity contribution < 1.29 is 4.79 Å². The van der Waals surface area contributed by atoms with Crippen LogP contribution in [0.15, 0.2) is 0 Å². The molecule has 0 aromatic heterocycles. The Morgan fingerprint density at radius 2 is 1.86 bits per heavy atom. The first-order valence-electron chi connectivity index (χ1n) is 8.98. The van der Waals surface area contributed by atoms with Crippen molar-refractivity contribution in [3.8, 4) is 0 Å². The molecule has 1 amide bonds. The molecule has 0 aromatic rings. The normalized spacial score (nSPS) is 25.7. The minimum Gasteiger partial charge on any atom is -0.323 e. The Labute approximate surface area is 131 Å². The summed E-state index contributed by atoms with van der Waals surface area (Å²) in [6, 6.07) is 0.392. The van der Waals surface area contributed by atoms with Gasteiger partial charge in [0.1, 0.15) is 0 Å². The van der Waals surface area contributed by atoms with Crippen LogP contribution in [-0.2, 0) is 4.79 Å². The molecule has 4 atom stereocenters. The van der Waals surface area contributed by atoms with Gasteiger partial charge in [-0.25, -0.2) is 0 Å². The lowest BCUT2D eigenvalue weighted by Crippen LogP contribution is -2.44. The zero-order chi connectivity index (χ0) is 16.0. The zero-order valence-electron chi connectivity index (χ0n) is 15.0. The fraction of sp³-hybridized carbons (Fsp3) is 0.944. The van der Waals surface area contributed by atoms with Gasteiger partial charge in [0.15, 0.2) is 0 Å². The summed E-state index contributed by atoms with van der Waals surface area (Å²) >= 11 is 0. The molecule has 0 bridgehead atoms.